The van der Waals surface area contributed by atoms with E-state index in [1.54, 1.807) is 39.0 Å². The number of halogens is 2. The normalized spacial score (nSPS) is 27.5. The summed E-state index contributed by atoms with van der Waals surface area (Å²) in [5.41, 5.74) is 0.896. The molecular formula is C35H42F2N4O8. The Morgan fingerprint density at radius 2 is 1.98 bits per heavy atom. The summed E-state index contributed by atoms with van der Waals surface area (Å²) >= 11 is 0. The SMILES string of the molecule is CC1=C\[C@@H](O)C[C@@H](F)Cc2nc(co2)C(=O)N2CCC[C@@H]2C(=O)O[C@H]([C@H](C)COC(=O)Nc2ccc(F)cc2)[C@H](C)/C=C/C(=O)NC\C=C\1. The van der Waals surface area contributed by atoms with Crippen LogP contribution in [-0.2, 0) is 25.5 Å². The molecular weight excluding hydrogens is 642 g/mol. The molecule has 3 N–H and O–H groups in total. The number of ether oxygens (including phenoxy) is 2. The van der Waals surface area contributed by atoms with Crippen molar-refractivity contribution in [3.05, 3.63) is 83.9 Å². The summed E-state index contributed by atoms with van der Waals surface area (Å²) in [6.45, 7) is 5.43. The number of aliphatic hydroxyl groups excluding tert-OH is 1. The van der Waals surface area contributed by atoms with Crippen LogP contribution in [0.25, 0.3) is 0 Å². The van der Waals surface area contributed by atoms with Crippen molar-refractivity contribution in [2.24, 2.45) is 11.8 Å². The minimum atomic E-state index is -1.51. The summed E-state index contributed by atoms with van der Waals surface area (Å²) in [4.78, 5) is 57.5. The van der Waals surface area contributed by atoms with Gasteiger partial charge in [-0.1, -0.05) is 43.7 Å². The molecule has 264 valence electrons. The molecule has 2 aliphatic rings. The number of alkyl halides is 1. The number of anilines is 1. The Kier molecular flexibility index (Phi) is 13.2. The second-order valence-electron chi connectivity index (χ2n) is 12.3. The van der Waals surface area contributed by atoms with E-state index >= 15 is 0 Å². The highest BCUT2D eigenvalue weighted by Crippen LogP contribution is 2.26. The first-order valence-electron chi connectivity index (χ1n) is 16.2. The third-order valence-corrected chi connectivity index (χ3v) is 8.13. The lowest BCUT2D eigenvalue weighted by atomic mass is 9.93. The van der Waals surface area contributed by atoms with E-state index in [0.29, 0.717) is 24.1 Å². The number of hydrogen-bond donors (Lipinski definition) is 3. The van der Waals surface area contributed by atoms with Gasteiger partial charge in [-0.05, 0) is 50.1 Å². The molecule has 1 aromatic carbocycles. The van der Waals surface area contributed by atoms with Crippen molar-refractivity contribution < 1.29 is 47.0 Å². The Morgan fingerprint density at radius 3 is 2.73 bits per heavy atom. The van der Waals surface area contributed by atoms with Crippen molar-refractivity contribution in [3.63, 3.8) is 0 Å². The molecule has 0 aliphatic carbocycles. The fraction of sp³-hybridized carbons (Fsp3) is 0.457. The smallest absolute Gasteiger partial charge is 0.411 e. The number of cyclic esters (lactones) is 1. The molecule has 3 heterocycles. The van der Waals surface area contributed by atoms with Crippen LogP contribution in [0.5, 0.6) is 0 Å². The van der Waals surface area contributed by atoms with Crippen molar-refractivity contribution in [2.45, 2.75) is 70.9 Å². The molecule has 2 aromatic rings. The van der Waals surface area contributed by atoms with Gasteiger partial charge in [0.05, 0.1) is 19.1 Å². The van der Waals surface area contributed by atoms with Crippen LogP contribution >= 0.6 is 0 Å². The maximum atomic E-state index is 14.8. The van der Waals surface area contributed by atoms with E-state index in [-0.39, 0.29) is 44.1 Å². The van der Waals surface area contributed by atoms with E-state index in [1.165, 1.54) is 41.3 Å². The lowest BCUT2D eigenvalue weighted by Crippen LogP contribution is -2.44. The number of fused-ring (bicyclic) bond motifs is 3. The standard InChI is InChI=1S/C35H42F2N4O8/c1-21-6-4-14-38-30(43)13-8-22(2)32(23(3)19-48-35(46)39-26-11-9-24(36)10-12-26)49-34(45)29-7-5-15-41(29)33(44)28-20-47-31(40-28)18-25(37)17-27(42)16-21/h4,6,8-13,16,20,22-23,25,27,29,32,42H,5,7,14-15,17-19H2,1-3H3,(H,38,43)(H,39,46)/b6-4+,13-8+,21-16+/t22-,23-,25-,27-,29-,32+/m1/s1. The van der Waals surface area contributed by atoms with Gasteiger partial charge in [0, 0.05) is 37.0 Å². The number of aliphatic hydroxyl groups is 1. The second-order valence-corrected chi connectivity index (χ2v) is 12.3. The fourth-order valence-electron chi connectivity index (χ4n) is 5.62. The topological polar surface area (TPSA) is 160 Å². The minimum Gasteiger partial charge on any atom is -0.460 e. The minimum absolute atomic E-state index is 0.0194. The third-order valence-electron chi connectivity index (χ3n) is 8.13. The van der Waals surface area contributed by atoms with Crippen molar-refractivity contribution >= 4 is 29.6 Å². The van der Waals surface area contributed by atoms with Crippen LogP contribution in [0, 0.1) is 17.7 Å². The average molecular weight is 685 g/mol. The second kappa shape index (κ2) is 17.5. The van der Waals surface area contributed by atoms with Gasteiger partial charge in [0.1, 0.15) is 30.4 Å². The Bertz CT molecular complexity index is 1560. The first-order chi connectivity index (χ1) is 23.4. The van der Waals surface area contributed by atoms with Gasteiger partial charge < -0.3 is 29.2 Å². The maximum Gasteiger partial charge on any atom is 0.411 e. The summed E-state index contributed by atoms with van der Waals surface area (Å²) in [7, 11) is 0. The highest BCUT2D eigenvalue weighted by molar-refractivity contribution is 5.95. The average Bonchev–Trinajstić information content (AvgIpc) is 3.74. The number of carbonyl (C=O) groups is 4. The predicted octanol–water partition coefficient (Wildman–Crippen LogP) is 4.67. The molecule has 2 aliphatic heterocycles. The van der Waals surface area contributed by atoms with Gasteiger partial charge in [0.2, 0.25) is 5.91 Å². The monoisotopic (exact) mass is 684 g/mol. The molecule has 4 rings (SSSR count). The van der Waals surface area contributed by atoms with E-state index < -0.39 is 66.0 Å². The van der Waals surface area contributed by atoms with Gasteiger partial charge in [-0.3, -0.25) is 14.9 Å². The van der Waals surface area contributed by atoms with Crippen LogP contribution in [0.2, 0.25) is 0 Å². The number of esters is 1. The molecule has 2 bridgehead atoms. The Morgan fingerprint density at radius 1 is 1.22 bits per heavy atom. The first kappa shape index (κ1) is 37.0. The highest BCUT2D eigenvalue weighted by atomic mass is 19.1. The zero-order chi connectivity index (χ0) is 35.5. The van der Waals surface area contributed by atoms with Crippen molar-refractivity contribution in [2.75, 3.05) is 25.0 Å². The molecule has 0 radical (unpaired) electrons. The van der Waals surface area contributed by atoms with Crippen molar-refractivity contribution in [3.8, 4) is 0 Å². The Balaban J connectivity index is 1.53. The largest absolute Gasteiger partial charge is 0.460 e. The number of hydrogen-bond acceptors (Lipinski definition) is 9. The summed E-state index contributed by atoms with van der Waals surface area (Å²) in [6.07, 6.45) is 4.94. The van der Waals surface area contributed by atoms with Gasteiger partial charge in [-0.15, -0.1) is 0 Å². The van der Waals surface area contributed by atoms with Crippen molar-refractivity contribution in [1.82, 2.24) is 15.2 Å². The van der Waals surface area contributed by atoms with E-state index in [0.717, 1.165) is 6.26 Å². The third kappa shape index (κ3) is 11.1. The lowest BCUT2D eigenvalue weighted by Gasteiger charge is -2.30. The van der Waals surface area contributed by atoms with Gasteiger partial charge in [-0.25, -0.2) is 23.4 Å². The molecule has 1 saturated heterocycles. The molecule has 0 saturated carbocycles. The molecule has 12 nitrogen and oxygen atoms in total. The van der Waals surface area contributed by atoms with Crippen molar-refractivity contribution in [1.29, 1.82) is 0 Å². The molecule has 3 amide bonds. The van der Waals surface area contributed by atoms with E-state index in [1.807, 2.05) is 0 Å². The van der Waals surface area contributed by atoms with Crippen LogP contribution in [0.1, 0.15) is 56.4 Å². The summed E-state index contributed by atoms with van der Waals surface area (Å²) in [5.74, 6) is -3.26. The number of amides is 3. The van der Waals surface area contributed by atoms with Gasteiger partial charge >= 0.3 is 12.1 Å². The van der Waals surface area contributed by atoms with E-state index in [4.69, 9.17) is 13.9 Å². The fourth-order valence-corrected chi connectivity index (χ4v) is 5.62. The molecule has 1 aromatic heterocycles. The number of rotatable bonds is 4. The number of nitrogens with zero attached hydrogens (tertiary/aromatic N) is 2. The van der Waals surface area contributed by atoms with Gasteiger partial charge in [0.15, 0.2) is 11.6 Å². The number of nitrogens with one attached hydrogen (secondary N) is 2. The Hall–Kier alpha value is -4.85. The predicted molar refractivity (Wildman–Crippen MR) is 174 cm³/mol. The van der Waals surface area contributed by atoms with Crippen LogP contribution in [0.4, 0.5) is 19.3 Å². The summed E-state index contributed by atoms with van der Waals surface area (Å²) < 4.78 is 44.7. The number of benzene rings is 1. The van der Waals surface area contributed by atoms with E-state index in [2.05, 4.69) is 15.6 Å². The summed E-state index contributed by atoms with van der Waals surface area (Å²) in [6, 6.07) is 4.19. The maximum absolute atomic E-state index is 14.8. The number of carbonyl (C=O) groups excluding carboxylic acids is 4. The number of oxazole rings is 1. The van der Waals surface area contributed by atoms with Gasteiger partial charge in [-0.2, -0.15) is 0 Å². The first-order valence-corrected chi connectivity index (χ1v) is 16.2. The molecule has 49 heavy (non-hydrogen) atoms. The molecule has 0 unspecified atom stereocenters. The lowest BCUT2D eigenvalue weighted by molar-refractivity contribution is -0.159. The molecule has 0 spiro atoms. The molecule has 6 atom stereocenters. The van der Waals surface area contributed by atoms with Crippen LogP contribution in [0.3, 0.4) is 0 Å². The van der Waals surface area contributed by atoms with Crippen LogP contribution in [0.15, 0.2) is 70.9 Å². The number of allylic oxidation sites excluding steroid dienone is 2. The molecule has 1 fully saturated rings. The van der Waals surface area contributed by atoms with E-state index in [9.17, 15) is 33.1 Å². The highest BCUT2D eigenvalue weighted by Gasteiger charge is 2.39. The zero-order valence-electron chi connectivity index (χ0n) is 27.6. The molecule has 14 heteroatoms. The zero-order valence-corrected chi connectivity index (χ0v) is 27.6. The van der Waals surface area contributed by atoms with Crippen LogP contribution < -0.4 is 10.6 Å². The van der Waals surface area contributed by atoms with Gasteiger partial charge in [0.25, 0.3) is 5.91 Å². The quantitative estimate of drug-likeness (QED) is 0.389. The summed E-state index contributed by atoms with van der Waals surface area (Å²) in [5, 5.41) is 15.5. The Labute approximate surface area is 283 Å². The number of aromatic nitrogens is 1. The van der Waals surface area contributed by atoms with Crippen LogP contribution in [-0.4, -0.2) is 83.0 Å².